The van der Waals surface area contributed by atoms with E-state index in [2.05, 4.69) is 47.8 Å². The first-order valence-electron chi connectivity index (χ1n) is 6.45. The summed E-state index contributed by atoms with van der Waals surface area (Å²) in [4.78, 5) is 23.0. The molecule has 21 heavy (non-hydrogen) atoms. The highest BCUT2D eigenvalue weighted by atomic mass is 79.9. The van der Waals surface area contributed by atoms with Crippen molar-refractivity contribution in [3.63, 3.8) is 0 Å². The maximum atomic E-state index is 12.2. The summed E-state index contributed by atoms with van der Waals surface area (Å²) in [6.07, 6.45) is 1.96. The first kappa shape index (κ1) is 17.0. The molecule has 1 aromatic carbocycles. The van der Waals surface area contributed by atoms with Crippen LogP contribution in [0.1, 0.15) is 25.7 Å². The Bertz CT molecular complexity index is 542. The molecule has 0 radical (unpaired) electrons. The van der Waals surface area contributed by atoms with Crippen molar-refractivity contribution >= 4 is 59.7 Å². The topological polar surface area (TPSA) is 66.4 Å². The predicted molar refractivity (Wildman–Crippen MR) is 85.6 cm³/mol. The number of carboxylic acid groups (broad SMARTS) is 1. The highest BCUT2D eigenvalue weighted by Crippen LogP contribution is 2.38. The zero-order chi connectivity index (χ0) is 15.6. The van der Waals surface area contributed by atoms with Crippen molar-refractivity contribution in [2.45, 2.75) is 25.7 Å². The number of ether oxygens (including phenoxy) is 1. The number of hydrogen-bond acceptors (Lipinski definition) is 4. The summed E-state index contributed by atoms with van der Waals surface area (Å²) in [6, 6.07) is 3.58. The molecule has 0 saturated heterocycles. The zero-order valence-corrected chi connectivity index (χ0v) is 15.7. The summed E-state index contributed by atoms with van der Waals surface area (Å²) in [5, 5.41) is 10.8. The molecular formula is C14H12Br3O4-. The Labute approximate surface area is 147 Å². The minimum Gasteiger partial charge on any atom is -0.550 e. The standard InChI is InChI=1S/C14H13Br3O4/c15-9-5-10(16)12(11(17)6-9)21-14(20)8-3-1-7(2-4-8)13(18)19/h5-8H,1-4H2,(H,18,19)/p-1. The normalized spacial score (nSPS) is 21.9. The van der Waals surface area contributed by atoms with Gasteiger partial charge >= 0.3 is 5.97 Å². The number of carbonyl (C=O) groups excluding carboxylic acids is 2. The molecule has 114 valence electrons. The van der Waals surface area contributed by atoms with Gasteiger partial charge in [0.25, 0.3) is 0 Å². The highest BCUT2D eigenvalue weighted by molar-refractivity contribution is 9.11. The van der Waals surface area contributed by atoms with Crippen molar-refractivity contribution in [3.8, 4) is 5.75 Å². The molecule has 0 aliphatic heterocycles. The van der Waals surface area contributed by atoms with E-state index in [9.17, 15) is 14.7 Å². The van der Waals surface area contributed by atoms with Gasteiger partial charge in [-0.3, -0.25) is 4.79 Å². The van der Waals surface area contributed by atoms with Crippen LogP contribution >= 0.6 is 47.8 Å². The Morgan fingerprint density at radius 1 is 1.00 bits per heavy atom. The second-order valence-corrected chi connectivity index (χ2v) is 7.61. The maximum absolute atomic E-state index is 12.2. The lowest BCUT2D eigenvalue weighted by Crippen LogP contribution is -2.35. The molecule has 1 aliphatic carbocycles. The Balaban J connectivity index is 2.01. The molecule has 0 amide bonds. The summed E-state index contributed by atoms with van der Waals surface area (Å²) in [6.45, 7) is 0. The Hall–Kier alpha value is -0.400. The molecule has 0 heterocycles. The number of carbonyl (C=O) groups is 2. The smallest absolute Gasteiger partial charge is 0.314 e. The molecule has 1 aliphatic rings. The molecule has 2 rings (SSSR count). The maximum Gasteiger partial charge on any atom is 0.314 e. The number of hydrogen-bond donors (Lipinski definition) is 0. The van der Waals surface area contributed by atoms with Crippen molar-refractivity contribution in [1.29, 1.82) is 0 Å². The largest absolute Gasteiger partial charge is 0.550 e. The summed E-state index contributed by atoms with van der Waals surface area (Å²) in [7, 11) is 0. The van der Waals surface area contributed by atoms with Crippen LogP contribution in [-0.4, -0.2) is 11.9 Å². The molecule has 0 atom stereocenters. The predicted octanol–water partition coefficient (Wildman–Crippen LogP) is 3.44. The lowest BCUT2D eigenvalue weighted by molar-refractivity contribution is -0.312. The average molecular weight is 484 g/mol. The quantitative estimate of drug-likeness (QED) is 0.488. The van der Waals surface area contributed by atoms with E-state index in [4.69, 9.17) is 4.74 Å². The number of rotatable bonds is 3. The van der Waals surface area contributed by atoms with Gasteiger partial charge in [-0.25, -0.2) is 0 Å². The number of carboxylic acids is 1. The molecule has 7 heteroatoms. The van der Waals surface area contributed by atoms with Crippen LogP contribution in [0.15, 0.2) is 25.6 Å². The van der Waals surface area contributed by atoms with Crippen molar-refractivity contribution < 1.29 is 19.4 Å². The Kier molecular flexibility index (Phi) is 5.85. The third kappa shape index (κ3) is 4.29. The third-order valence-corrected chi connectivity index (χ3v) is 5.20. The van der Waals surface area contributed by atoms with Crippen LogP contribution in [0.3, 0.4) is 0 Å². The minimum absolute atomic E-state index is 0.261. The van der Waals surface area contributed by atoms with E-state index < -0.39 is 11.9 Å². The van der Waals surface area contributed by atoms with Gasteiger partial charge in [0.05, 0.1) is 14.9 Å². The van der Waals surface area contributed by atoms with Crippen LogP contribution < -0.4 is 9.84 Å². The van der Waals surface area contributed by atoms with Gasteiger partial charge in [0, 0.05) is 10.4 Å². The number of aliphatic carboxylic acids is 1. The zero-order valence-electron chi connectivity index (χ0n) is 10.9. The lowest BCUT2D eigenvalue weighted by Gasteiger charge is -2.27. The first-order chi connectivity index (χ1) is 9.88. The number of benzene rings is 1. The fourth-order valence-corrected chi connectivity index (χ4v) is 4.80. The van der Waals surface area contributed by atoms with Gasteiger partial charge in [0.2, 0.25) is 0 Å². The van der Waals surface area contributed by atoms with Gasteiger partial charge in [-0.1, -0.05) is 15.9 Å². The Morgan fingerprint density at radius 2 is 1.48 bits per heavy atom. The fourth-order valence-electron chi connectivity index (χ4n) is 2.38. The minimum atomic E-state index is -1.03. The lowest BCUT2D eigenvalue weighted by atomic mass is 9.82. The van der Waals surface area contributed by atoms with Gasteiger partial charge in [-0.2, -0.15) is 0 Å². The van der Waals surface area contributed by atoms with Crippen LogP contribution in [0, 0.1) is 11.8 Å². The average Bonchev–Trinajstić information content (AvgIpc) is 2.42. The monoisotopic (exact) mass is 481 g/mol. The van der Waals surface area contributed by atoms with E-state index in [1.807, 2.05) is 0 Å². The van der Waals surface area contributed by atoms with Gasteiger partial charge in [-0.15, -0.1) is 0 Å². The van der Waals surface area contributed by atoms with E-state index in [0.29, 0.717) is 40.4 Å². The summed E-state index contributed by atoms with van der Waals surface area (Å²) in [5.74, 6) is -1.62. The molecular weight excluding hydrogens is 472 g/mol. The number of esters is 1. The van der Waals surface area contributed by atoms with Crippen LogP contribution in [0.25, 0.3) is 0 Å². The summed E-state index contributed by atoms with van der Waals surface area (Å²) < 4.78 is 7.64. The van der Waals surface area contributed by atoms with Gasteiger partial charge < -0.3 is 14.6 Å². The van der Waals surface area contributed by atoms with Crippen molar-refractivity contribution in [3.05, 3.63) is 25.6 Å². The summed E-state index contributed by atoms with van der Waals surface area (Å²) in [5.41, 5.74) is 0. The third-order valence-electron chi connectivity index (χ3n) is 3.56. The van der Waals surface area contributed by atoms with Crippen LogP contribution in [0.2, 0.25) is 0 Å². The molecule has 1 fully saturated rings. The molecule has 4 nitrogen and oxygen atoms in total. The molecule has 0 spiro atoms. The molecule has 0 bridgehead atoms. The van der Waals surface area contributed by atoms with Crippen molar-refractivity contribution in [2.24, 2.45) is 11.8 Å². The fraction of sp³-hybridized carbons (Fsp3) is 0.429. The molecule has 0 unspecified atom stereocenters. The van der Waals surface area contributed by atoms with E-state index in [1.54, 1.807) is 12.1 Å². The summed E-state index contributed by atoms with van der Waals surface area (Å²) >= 11 is 10.1. The van der Waals surface area contributed by atoms with Gasteiger partial charge in [0.1, 0.15) is 0 Å². The van der Waals surface area contributed by atoms with E-state index in [0.717, 1.165) is 4.47 Å². The molecule has 0 aromatic heterocycles. The van der Waals surface area contributed by atoms with Crippen LogP contribution in [-0.2, 0) is 9.59 Å². The van der Waals surface area contributed by atoms with Crippen LogP contribution in [0.5, 0.6) is 5.75 Å². The molecule has 0 N–H and O–H groups in total. The van der Waals surface area contributed by atoms with Crippen LogP contribution in [0.4, 0.5) is 0 Å². The highest BCUT2D eigenvalue weighted by Gasteiger charge is 2.29. The second-order valence-electron chi connectivity index (χ2n) is 4.99. The van der Waals surface area contributed by atoms with E-state index in [-0.39, 0.29) is 11.9 Å². The van der Waals surface area contributed by atoms with Crippen molar-refractivity contribution in [1.82, 2.24) is 0 Å². The molecule has 1 aromatic rings. The van der Waals surface area contributed by atoms with Crippen molar-refractivity contribution in [2.75, 3.05) is 0 Å². The second kappa shape index (κ2) is 7.24. The van der Waals surface area contributed by atoms with E-state index >= 15 is 0 Å². The van der Waals surface area contributed by atoms with Gasteiger partial charge in [-0.05, 0) is 75.6 Å². The first-order valence-corrected chi connectivity index (χ1v) is 8.83. The van der Waals surface area contributed by atoms with E-state index in [1.165, 1.54) is 0 Å². The van der Waals surface area contributed by atoms with Gasteiger partial charge in [0.15, 0.2) is 5.75 Å². The SMILES string of the molecule is O=C([O-])C1CCC(C(=O)Oc2c(Br)cc(Br)cc2Br)CC1. The number of halogens is 3. The molecule has 1 saturated carbocycles. The Morgan fingerprint density at radius 3 is 1.95 bits per heavy atom.